The maximum absolute atomic E-state index is 12.5. The monoisotopic (exact) mass is 330 g/mol. The van der Waals surface area contributed by atoms with Crippen LogP contribution >= 0.6 is 0 Å². The number of sulfonamides is 1. The third-order valence-electron chi connectivity index (χ3n) is 4.25. The molecular formula is C16H18N4O2S. The van der Waals surface area contributed by atoms with Crippen molar-refractivity contribution in [2.45, 2.75) is 31.2 Å². The van der Waals surface area contributed by atoms with E-state index in [0.29, 0.717) is 12.1 Å². The van der Waals surface area contributed by atoms with E-state index in [-0.39, 0.29) is 16.4 Å². The molecule has 0 bridgehead atoms. The lowest BCUT2D eigenvalue weighted by Crippen LogP contribution is -2.33. The van der Waals surface area contributed by atoms with E-state index in [9.17, 15) is 13.7 Å². The van der Waals surface area contributed by atoms with Crippen molar-refractivity contribution in [2.24, 2.45) is 5.92 Å². The molecule has 1 atom stereocenters. The van der Waals surface area contributed by atoms with Crippen molar-refractivity contribution in [3.05, 3.63) is 47.5 Å². The first-order valence-corrected chi connectivity index (χ1v) is 8.99. The summed E-state index contributed by atoms with van der Waals surface area (Å²) in [6, 6.07) is 6.85. The van der Waals surface area contributed by atoms with Crippen molar-refractivity contribution >= 4 is 10.0 Å². The van der Waals surface area contributed by atoms with Gasteiger partial charge in [0.05, 0.1) is 10.5 Å². The van der Waals surface area contributed by atoms with Gasteiger partial charge in [-0.15, -0.1) is 0 Å². The van der Waals surface area contributed by atoms with Gasteiger partial charge in [0.15, 0.2) is 0 Å². The van der Waals surface area contributed by atoms with E-state index in [1.807, 2.05) is 12.3 Å². The number of hydrogen-bond donors (Lipinski definition) is 1. The number of aryl methyl sites for hydroxylation is 2. The van der Waals surface area contributed by atoms with Gasteiger partial charge in [-0.1, -0.05) is 12.1 Å². The molecule has 6 nitrogen and oxygen atoms in total. The van der Waals surface area contributed by atoms with Crippen LogP contribution in [-0.2, 0) is 23.0 Å². The average Bonchev–Trinajstić information content (AvgIpc) is 3.00. The first-order valence-electron chi connectivity index (χ1n) is 7.50. The molecule has 1 N–H and O–H groups in total. The van der Waals surface area contributed by atoms with Gasteiger partial charge in [-0.2, -0.15) is 5.26 Å². The fourth-order valence-electron chi connectivity index (χ4n) is 2.90. The Balaban J connectivity index is 1.73. The van der Waals surface area contributed by atoms with Crippen LogP contribution in [0.5, 0.6) is 0 Å². The van der Waals surface area contributed by atoms with Crippen LogP contribution in [0.3, 0.4) is 0 Å². The predicted molar refractivity (Wildman–Crippen MR) is 85.1 cm³/mol. The summed E-state index contributed by atoms with van der Waals surface area (Å²) in [6.45, 7) is 2.95. The van der Waals surface area contributed by atoms with Crippen molar-refractivity contribution in [3.63, 3.8) is 0 Å². The predicted octanol–water partition coefficient (Wildman–Crippen LogP) is 1.60. The van der Waals surface area contributed by atoms with Gasteiger partial charge >= 0.3 is 0 Å². The minimum atomic E-state index is -3.69. The van der Waals surface area contributed by atoms with Gasteiger partial charge in [0, 0.05) is 31.9 Å². The van der Waals surface area contributed by atoms with Gasteiger partial charge in [0.25, 0.3) is 0 Å². The lowest BCUT2D eigenvalue weighted by Gasteiger charge is -2.23. The number of benzene rings is 1. The van der Waals surface area contributed by atoms with Gasteiger partial charge in [0.2, 0.25) is 10.0 Å². The molecule has 1 aromatic carbocycles. The second kappa shape index (κ2) is 6.14. The van der Waals surface area contributed by atoms with E-state index >= 15 is 0 Å². The molecule has 2 heterocycles. The molecule has 0 saturated carbocycles. The summed E-state index contributed by atoms with van der Waals surface area (Å²) in [5.74, 6) is 1.21. The number of imidazole rings is 1. The summed E-state index contributed by atoms with van der Waals surface area (Å²) in [7, 11) is -3.69. The van der Waals surface area contributed by atoms with Crippen molar-refractivity contribution < 1.29 is 8.42 Å². The summed E-state index contributed by atoms with van der Waals surface area (Å²) < 4.78 is 29.8. The molecule has 3 rings (SSSR count). The van der Waals surface area contributed by atoms with E-state index in [2.05, 4.69) is 14.3 Å². The molecule has 7 heteroatoms. The smallest absolute Gasteiger partial charge is 0.241 e. The molecule has 1 unspecified atom stereocenters. The number of fused-ring (bicyclic) bond motifs is 1. The summed E-state index contributed by atoms with van der Waals surface area (Å²) in [5.41, 5.74) is 0.870. The Hall–Kier alpha value is -2.17. The molecule has 0 saturated heterocycles. The molecule has 0 fully saturated rings. The van der Waals surface area contributed by atoms with Crippen LogP contribution < -0.4 is 4.72 Å². The topological polar surface area (TPSA) is 87.8 Å². The van der Waals surface area contributed by atoms with Crippen molar-refractivity contribution in [1.82, 2.24) is 14.3 Å². The lowest BCUT2D eigenvalue weighted by molar-refractivity contribution is 0.379. The quantitative estimate of drug-likeness (QED) is 0.922. The molecule has 0 spiro atoms. The lowest BCUT2D eigenvalue weighted by atomic mass is 9.98. The molecule has 0 radical (unpaired) electrons. The first kappa shape index (κ1) is 15.7. The molecule has 1 aromatic heterocycles. The van der Waals surface area contributed by atoms with Crippen molar-refractivity contribution in [1.29, 1.82) is 5.26 Å². The molecule has 0 aliphatic carbocycles. The zero-order valence-corrected chi connectivity index (χ0v) is 13.7. The van der Waals surface area contributed by atoms with E-state index in [1.54, 1.807) is 25.3 Å². The van der Waals surface area contributed by atoms with Gasteiger partial charge < -0.3 is 4.57 Å². The Morgan fingerprint density at radius 2 is 2.30 bits per heavy atom. The van der Waals surface area contributed by atoms with Crippen LogP contribution in [-0.4, -0.2) is 24.5 Å². The number of nitrogens with zero attached hydrogens (tertiary/aromatic N) is 3. The van der Waals surface area contributed by atoms with Crippen LogP contribution in [0.15, 0.2) is 35.5 Å². The minimum absolute atomic E-state index is 0.0531. The fraction of sp³-hybridized carbons (Fsp3) is 0.375. The molecule has 1 aliphatic heterocycles. The van der Waals surface area contributed by atoms with Crippen LogP contribution in [0, 0.1) is 24.2 Å². The van der Waals surface area contributed by atoms with E-state index < -0.39 is 10.0 Å². The van der Waals surface area contributed by atoms with Gasteiger partial charge in [0.1, 0.15) is 11.9 Å². The van der Waals surface area contributed by atoms with Gasteiger partial charge in [-0.05, 0) is 30.9 Å². The number of nitrogens with one attached hydrogen (secondary N) is 1. The maximum Gasteiger partial charge on any atom is 0.241 e. The average molecular weight is 330 g/mol. The van der Waals surface area contributed by atoms with Crippen molar-refractivity contribution in [3.8, 4) is 6.07 Å². The zero-order valence-electron chi connectivity index (χ0n) is 12.9. The Morgan fingerprint density at radius 1 is 1.48 bits per heavy atom. The molecule has 120 valence electrons. The number of rotatable bonds is 4. The highest BCUT2D eigenvalue weighted by Crippen LogP contribution is 2.21. The second-order valence-corrected chi connectivity index (χ2v) is 7.54. The molecule has 23 heavy (non-hydrogen) atoms. The fourth-order valence-corrected chi connectivity index (χ4v) is 4.25. The van der Waals surface area contributed by atoms with Crippen LogP contribution in [0.1, 0.15) is 23.4 Å². The SMILES string of the molecule is Cc1cccc(S(=O)(=O)NCC2CCn3ccnc3C2)c1C#N. The second-order valence-electron chi connectivity index (χ2n) is 5.81. The molecule has 0 amide bonds. The Bertz CT molecular complexity index is 864. The highest BCUT2D eigenvalue weighted by molar-refractivity contribution is 7.89. The summed E-state index contributed by atoms with van der Waals surface area (Å²) in [4.78, 5) is 4.34. The number of hydrogen-bond acceptors (Lipinski definition) is 4. The molecule has 1 aliphatic rings. The Morgan fingerprint density at radius 3 is 3.09 bits per heavy atom. The zero-order chi connectivity index (χ0) is 16.4. The highest BCUT2D eigenvalue weighted by Gasteiger charge is 2.24. The van der Waals surface area contributed by atoms with Crippen LogP contribution in [0.25, 0.3) is 0 Å². The van der Waals surface area contributed by atoms with E-state index in [0.717, 1.165) is 25.2 Å². The molecular weight excluding hydrogens is 312 g/mol. The van der Waals surface area contributed by atoms with Crippen LogP contribution in [0.2, 0.25) is 0 Å². The van der Waals surface area contributed by atoms with E-state index in [4.69, 9.17) is 0 Å². The summed E-state index contributed by atoms with van der Waals surface area (Å²) in [5, 5.41) is 9.21. The normalized spacial score (nSPS) is 17.5. The summed E-state index contributed by atoms with van der Waals surface area (Å²) in [6.07, 6.45) is 5.38. The minimum Gasteiger partial charge on any atom is -0.335 e. The maximum atomic E-state index is 12.5. The van der Waals surface area contributed by atoms with Gasteiger partial charge in [-0.25, -0.2) is 18.1 Å². The number of nitriles is 1. The Kier molecular flexibility index (Phi) is 4.20. The largest absolute Gasteiger partial charge is 0.335 e. The molecule has 2 aromatic rings. The third kappa shape index (κ3) is 3.14. The standard InChI is InChI=1S/C16H18N4O2S/c1-12-3-2-4-15(14(12)10-17)23(21,22)19-11-13-5-7-20-8-6-18-16(20)9-13/h2-4,6,8,13,19H,5,7,9,11H2,1H3. The highest BCUT2D eigenvalue weighted by atomic mass is 32.2. The van der Waals surface area contributed by atoms with Crippen molar-refractivity contribution in [2.75, 3.05) is 6.54 Å². The number of aromatic nitrogens is 2. The van der Waals surface area contributed by atoms with Crippen LogP contribution in [0.4, 0.5) is 0 Å². The first-order chi connectivity index (χ1) is 11.0. The summed E-state index contributed by atoms with van der Waals surface area (Å²) >= 11 is 0. The van der Waals surface area contributed by atoms with E-state index in [1.165, 1.54) is 6.07 Å². The van der Waals surface area contributed by atoms with Gasteiger partial charge in [-0.3, -0.25) is 0 Å². The Labute approximate surface area is 135 Å². The third-order valence-corrected chi connectivity index (χ3v) is 5.72.